The van der Waals surface area contributed by atoms with Crippen molar-refractivity contribution in [1.82, 2.24) is 0 Å². The summed E-state index contributed by atoms with van der Waals surface area (Å²) in [7, 11) is -2.69. The minimum absolute atomic E-state index is 0.102. The number of nitrogens with zero attached hydrogens (tertiary/aromatic N) is 2. The van der Waals surface area contributed by atoms with Crippen molar-refractivity contribution in [2.24, 2.45) is 0 Å². The molecule has 1 aliphatic rings. The molecule has 0 fully saturated rings. The molecule has 0 aromatic heterocycles. The van der Waals surface area contributed by atoms with Gasteiger partial charge >= 0.3 is 6.18 Å². The zero-order valence-corrected chi connectivity index (χ0v) is 18.0. The number of ether oxygens (including phenoxy) is 1. The van der Waals surface area contributed by atoms with Gasteiger partial charge in [0, 0.05) is 19.2 Å². The van der Waals surface area contributed by atoms with E-state index in [0.717, 1.165) is 17.7 Å². The van der Waals surface area contributed by atoms with E-state index < -0.39 is 26.7 Å². The van der Waals surface area contributed by atoms with Crippen molar-refractivity contribution in [1.29, 1.82) is 0 Å². The van der Waals surface area contributed by atoms with E-state index in [2.05, 4.69) is 0 Å². The van der Waals surface area contributed by atoms with Crippen LogP contribution in [0.4, 0.5) is 24.5 Å². The summed E-state index contributed by atoms with van der Waals surface area (Å²) in [6, 6.07) is 18.6. The monoisotopic (exact) mass is 462 g/mol. The molecule has 0 saturated carbocycles. The van der Waals surface area contributed by atoms with E-state index in [4.69, 9.17) is 4.74 Å². The van der Waals surface area contributed by atoms with E-state index in [9.17, 15) is 21.6 Å². The third-order valence-electron chi connectivity index (χ3n) is 5.33. The maximum absolute atomic E-state index is 13.4. The molecule has 0 bridgehead atoms. The fourth-order valence-corrected chi connectivity index (χ4v) is 5.24. The normalized spacial score (nSPS) is 14.2. The van der Waals surface area contributed by atoms with E-state index in [1.807, 2.05) is 35.2 Å². The lowest BCUT2D eigenvalue weighted by atomic mass is 10.1. The van der Waals surface area contributed by atoms with Crippen molar-refractivity contribution < 1.29 is 26.3 Å². The smallest absolute Gasteiger partial charge is 0.416 e. The molecule has 1 aliphatic heterocycles. The van der Waals surface area contributed by atoms with E-state index in [-0.39, 0.29) is 6.54 Å². The number of fused-ring (bicyclic) bond motifs is 1. The molecule has 32 heavy (non-hydrogen) atoms. The highest BCUT2D eigenvalue weighted by Crippen LogP contribution is 2.40. The lowest BCUT2D eigenvalue weighted by Crippen LogP contribution is -2.43. The number of hydrogen-bond acceptors (Lipinski definition) is 4. The number of alkyl halides is 3. The molecule has 0 spiro atoms. The molecule has 9 heteroatoms. The number of sulfonamides is 1. The van der Waals surface area contributed by atoms with Gasteiger partial charge in [0.15, 0.2) is 0 Å². The standard InChI is InChI=1S/C23H21F3N2O3S/c1-31-19-10-11-21-22(15-19)27(16-17-6-3-2-4-7-17)12-13-28(21)32(29,30)20-9-5-8-18(14-20)23(24,25)26/h2-11,14-15H,12-13,16H2,1H3. The maximum Gasteiger partial charge on any atom is 0.416 e. The first-order valence-corrected chi connectivity index (χ1v) is 11.3. The van der Waals surface area contributed by atoms with Gasteiger partial charge in [0.1, 0.15) is 5.75 Å². The second-order valence-electron chi connectivity index (χ2n) is 7.36. The van der Waals surface area contributed by atoms with Crippen LogP contribution in [0.25, 0.3) is 0 Å². The molecule has 0 radical (unpaired) electrons. The summed E-state index contributed by atoms with van der Waals surface area (Å²) in [6.45, 7) is 1.02. The van der Waals surface area contributed by atoms with Crippen molar-refractivity contribution in [2.45, 2.75) is 17.6 Å². The zero-order chi connectivity index (χ0) is 22.9. The highest BCUT2D eigenvalue weighted by Gasteiger charge is 2.35. The Kier molecular flexibility index (Phi) is 5.77. The summed E-state index contributed by atoms with van der Waals surface area (Å²) in [6.07, 6.45) is -4.63. The van der Waals surface area contributed by atoms with Gasteiger partial charge in [-0.2, -0.15) is 13.2 Å². The molecular formula is C23H21F3N2O3S. The summed E-state index contributed by atoms with van der Waals surface area (Å²) >= 11 is 0. The lowest BCUT2D eigenvalue weighted by molar-refractivity contribution is -0.137. The van der Waals surface area contributed by atoms with E-state index >= 15 is 0 Å². The quantitative estimate of drug-likeness (QED) is 0.540. The lowest BCUT2D eigenvalue weighted by Gasteiger charge is -2.38. The van der Waals surface area contributed by atoms with E-state index in [1.165, 1.54) is 17.5 Å². The molecule has 168 valence electrons. The molecule has 3 aromatic carbocycles. The number of benzene rings is 3. The SMILES string of the molecule is COc1ccc2c(c1)N(Cc1ccccc1)CCN2S(=O)(=O)c1cccc(C(F)(F)F)c1. The Morgan fingerprint density at radius 2 is 1.66 bits per heavy atom. The largest absolute Gasteiger partial charge is 0.497 e. The number of methoxy groups -OCH3 is 1. The van der Waals surface area contributed by atoms with Crippen LogP contribution in [0, 0.1) is 0 Å². The second-order valence-corrected chi connectivity index (χ2v) is 9.23. The summed E-state index contributed by atoms with van der Waals surface area (Å²) in [5.41, 5.74) is 1.08. The van der Waals surface area contributed by atoms with Gasteiger partial charge in [0.05, 0.1) is 35.5 Å². The van der Waals surface area contributed by atoms with Crippen LogP contribution in [0.15, 0.2) is 77.7 Å². The molecule has 0 unspecified atom stereocenters. The fraction of sp³-hybridized carbons (Fsp3) is 0.217. The first-order valence-electron chi connectivity index (χ1n) is 9.87. The van der Waals surface area contributed by atoms with Crippen LogP contribution in [-0.4, -0.2) is 28.6 Å². The Morgan fingerprint density at radius 3 is 2.34 bits per heavy atom. The van der Waals surface area contributed by atoms with Gasteiger partial charge in [-0.15, -0.1) is 0 Å². The van der Waals surface area contributed by atoms with Crippen LogP contribution < -0.4 is 13.9 Å². The van der Waals surface area contributed by atoms with Crippen LogP contribution in [0.3, 0.4) is 0 Å². The van der Waals surface area contributed by atoms with Gasteiger partial charge in [-0.25, -0.2) is 8.42 Å². The zero-order valence-electron chi connectivity index (χ0n) is 17.2. The Labute approximate surface area is 184 Å². The van der Waals surface area contributed by atoms with Gasteiger partial charge in [-0.1, -0.05) is 36.4 Å². The van der Waals surface area contributed by atoms with Gasteiger partial charge in [0.2, 0.25) is 0 Å². The van der Waals surface area contributed by atoms with Gasteiger partial charge in [-0.3, -0.25) is 4.31 Å². The number of halogens is 3. The van der Waals surface area contributed by atoms with Crippen LogP contribution in [0.5, 0.6) is 5.75 Å². The Bertz CT molecular complexity index is 1210. The van der Waals surface area contributed by atoms with Crippen LogP contribution in [0.2, 0.25) is 0 Å². The number of rotatable bonds is 5. The third kappa shape index (κ3) is 4.25. The Balaban J connectivity index is 1.75. The average molecular weight is 462 g/mol. The highest BCUT2D eigenvalue weighted by atomic mass is 32.2. The number of anilines is 2. The molecule has 0 aliphatic carbocycles. The molecule has 4 rings (SSSR count). The van der Waals surface area contributed by atoms with Gasteiger partial charge in [-0.05, 0) is 35.9 Å². The van der Waals surface area contributed by atoms with Crippen molar-refractivity contribution >= 4 is 21.4 Å². The molecule has 0 atom stereocenters. The van der Waals surface area contributed by atoms with Crippen molar-refractivity contribution in [3.8, 4) is 5.75 Å². The minimum Gasteiger partial charge on any atom is -0.497 e. The summed E-state index contributed by atoms with van der Waals surface area (Å²) in [4.78, 5) is 1.64. The topological polar surface area (TPSA) is 49.9 Å². The predicted molar refractivity (Wildman–Crippen MR) is 116 cm³/mol. The van der Waals surface area contributed by atoms with Crippen LogP contribution >= 0.6 is 0 Å². The summed E-state index contributed by atoms with van der Waals surface area (Å²) in [5.74, 6) is 0.556. The Hall–Kier alpha value is -3.20. The fourth-order valence-electron chi connectivity index (χ4n) is 3.72. The first kappa shape index (κ1) is 22.0. The molecule has 0 N–H and O–H groups in total. The maximum atomic E-state index is 13.4. The van der Waals surface area contributed by atoms with E-state index in [0.29, 0.717) is 36.3 Å². The molecular weight excluding hydrogens is 441 g/mol. The van der Waals surface area contributed by atoms with Crippen LogP contribution in [-0.2, 0) is 22.7 Å². The summed E-state index contributed by atoms with van der Waals surface area (Å²) < 4.78 is 72.6. The molecule has 3 aromatic rings. The van der Waals surface area contributed by atoms with Crippen molar-refractivity contribution in [3.63, 3.8) is 0 Å². The van der Waals surface area contributed by atoms with Crippen molar-refractivity contribution in [2.75, 3.05) is 29.4 Å². The number of hydrogen-bond donors (Lipinski definition) is 0. The predicted octanol–water partition coefficient (Wildman–Crippen LogP) is 4.93. The van der Waals surface area contributed by atoms with E-state index in [1.54, 1.807) is 18.2 Å². The molecule has 1 heterocycles. The molecule has 5 nitrogen and oxygen atoms in total. The second kappa shape index (κ2) is 8.38. The van der Waals surface area contributed by atoms with Gasteiger partial charge in [0.25, 0.3) is 10.0 Å². The van der Waals surface area contributed by atoms with Gasteiger partial charge < -0.3 is 9.64 Å². The summed E-state index contributed by atoms with van der Waals surface area (Å²) in [5, 5.41) is 0. The Morgan fingerprint density at radius 1 is 0.906 bits per heavy atom. The highest BCUT2D eigenvalue weighted by molar-refractivity contribution is 7.92. The molecule has 0 saturated heterocycles. The third-order valence-corrected chi connectivity index (χ3v) is 7.14. The van der Waals surface area contributed by atoms with Crippen LogP contribution in [0.1, 0.15) is 11.1 Å². The van der Waals surface area contributed by atoms with Crippen molar-refractivity contribution in [3.05, 3.63) is 83.9 Å². The average Bonchev–Trinajstić information content (AvgIpc) is 2.79. The molecule has 0 amide bonds. The first-order chi connectivity index (χ1) is 15.2. The minimum atomic E-state index is -4.63.